The van der Waals surface area contributed by atoms with Gasteiger partial charge >= 0.3 is 0 Å². The molecule has 1 aliphatic carbocycles. The van der Waals surface area contributed by atoms with E-state index in [9.17, 15) is 9.59 Å². The van der Waals surface area contributed by atoms with E-state index in [0.29, 0.717) is 46.2 Å². The molecule has 2 aromatic heterocycles. The first-order valence-electron chi connectivity index (χ1n) is 13.8. The standard InChI is InChI=1S/C30H33Cl2N5O5/c1-18-12-23(31)29(24(32)13-18)42-11-10-41-26-7-6-22(14-35-26)37-25(15-33-16-27(37)38)30(39)36(21-4-5-21)17-20-8-9-34-19(2)28(20)40-3/h6-9,12-14,21,25,33H,4-5,10-11,15-17H2,1-3H3/t25-/m1/s1. The van der Waals surface area contributed by atoms with Gasteiger partial charge in [-0.05, 0) is 56.5 Å². The minimum Gasteiger partial charge on any atom is -0.494 e. The van der Waals surface area contributed by atoms with Crippen LogP contribution in [0.15, 0.2) is 42.7 Å². The predicted octanol–water partition coefficient (Wildman–Crippen LogP) is 4.36. The third kappa shape index (κ3) is 6.72. The maximum atomic E-state index is 14.0. The van der Waals surface area contributed by atoms with Crippen molar-refractivity contribution in [1.82, 2.24) is 20.2 Å². The molecule has 0 radical (unpaired) electrons. The number of methoxy groups -OCH3 is 1. The summed E-state index contributed by atoms with van der Waals surface area (Å²) in [6, 6.07) is 8.23. The number of carbonyl (C=O) groups is 2. The molecule has 42 heavy (non-hydrogen) atoms. The van der Waals surface area contributed by atoms with Gasteiger partial charge in [0.15, 0.2) is 5.75 Å². The summed E-state index contributed by atoms with van der Waals surface area (Å²) in [5.41, 5.74) is 3.10. The van der Waals surface area contributed by atoms with Crippen molar-refractivity contribution in [1.29, 1.82) is 0 Å². The van der Waals surface area contributed by atoms with Gasteiger partial charge < -0.3 is 24.4 Å². The Morgan fingerprint density at radius 2 is 1.81 bits per heavy atom. The molecule has 1 saturated carbocycles. The third-order valence-corrected chi connectivity index (χ3v) is 7.74. The predicted molar refractivity (Wildman–Crippen MR) is 160 cm³/mol. The fraction of sp³-hybridized carbons (Fsp3) is 0.400. The number of pyridine rings is 2. The van der Waals surface area contributed by atoms with Crippen LogP contribution in [0.5, 0.6) is 17.4 Å². The Morgan fingerprint density at radius 3 is 2.48 bits per heavy atom. The number of aryl methyl sites for hydroxylation is 2. The first-order valence-corrected chi connectivity index (χ1v) is 14.5. The molecule has 1 atom stereocenters. The molecule has 12 heteroatoms. The lowest BCUT2D eigenvalue weighted by Gasteiger charge is -2.38. The molecule has 3 heterocycles. The summed E-state index contributed by atoms with van der Waals surface area (Å²) in [5.74, 6) is 1.10. The first-order chi connectivity index (χ1) is 20.3. The number of nitrogens with one attached hydrogen (secondary N) is 1. The Kier molecular flexibility index (Phi) is 9.35. The van der Waals surface area contributed by atoms with Gasteiger partial charge in [-0.1, -0.05) is 23.2 Å². The molecular formula is C30H33Cl2N5O5. The Hall–Kier alpha value is -3.60. The van der Waals surface area contributed by atoms with E-state index in [-0.39, 0.29) is 37.6 Å². The van der Waals surface area contributed by atoms with E-state index in [4.69, 9.17) is 37.4 Å². The Bertz CT molecular complexity index is 1430. The van der Waals surface area contributed by atoms with Crippen LogP contribution in [0, 0.1) is 13.8 Å². The molecule has 0 bridgehead atoms. The third-order valence-electron chi connectivity index (χ3n) is 7.18. The average molecular weight is 615 g/mol. The van der Waals surface area contributed by atoms with Crippen LogP contribution in [0.2, 0.25) is 10.0 Å². The smallest absolute Gasteiger partial charge is 0.247 e. The number of hydrogen-bond acceptors (Lipinski definition) is 8. The molecule has 1 aromatic carbocycles. The summed E-state index contributed by atoms with van der Waals surface area (Å²) in [6.07, 6.45) is 5.11. The highest BCUT2D eigenvalue weighted by Gasteiger charge is 2.41. The number of carbonyl (C=O) groups excluding carboxylic acids is 2. The fourth-order valence-electron chi connectivity index (χ4n) is 5.06. The van der Waals surface area contributed by atoms with E-state index in [1.807, 2.05) is 24.8 Å². The monoisotopic (exact) mass is 613 g/mol. The highest BCUT2D eigenvalue weighted by molar-refractivity contribution is 6.37. The summed E-state index contributed by atoms with van der Waals surface area (Å²) in [5, 5.41) is 3.96. The Balaban J connectivity index is 1.25. The van der Waals surface area contributed by atoms with Crippen LogP contribution in [-0.2, 0) is 16.1 Å². The van der Waals surface area contributed by atoms with Gasteiger partial charge in [-0.2, -0.15) is 0 Å². The summed E-state index contributed by atoms with van der Waals surface area (Å²) >= 11 is 12.5. The van der Waals surface area contributed by atoms with Gasteiger partial charge in [0.25, 0.3) is 0 Å². The minimum absolute atomic E-state index is 0.121. The number of aromatic nitrogens is 2. The Labute approximate surface area is 254 Å². The van der Waals surface area contributed by atoms with Gasteiger partial charge in [0.1, 0.15) is 25.0 Å². The zero-order valence-corrected chi connectivity index (χ0v) is 25.2. The first kappa shape index (κ1) is 29.9. The summed E-state index contributed by atoms with van der Waals surface area (Å²) in [6.45, 7) is 5.02. The number of hydrogen-bond donors (Lipinski definition) is 1. The molecular weight excluding hydrogens is 581 g/mol. The quantitative estimate of drug-likeness (QED) is 0.318. The van der Waals surface area contributed by atoms with Crippen molar-refractivity contribution >= 4 is 40.7 Å². The van der Waals surface area contributed by atoms with Gasteiger partial charge in [-0.3, -0.25) is 19.5 Å². The molecule has 1 saturated heterocycles. The molecule has 10 nitrogen and oxygen atoms in total. The van der Waals surface area contributed by atoms with E-state index >= 15 is 0 Å². The summed E-state index contributed by atoms with van der Waals surface area (Å²) in [7, 11) is 1.60. The zero-order valence-electron chi connectivity index (χ0n) is 23.7. The summed E-state index contributed by atoms with van der Waals surface area (Å²) in [4.78, 5) is 39.1. The maximum absolute atomic E-state index is 14.0. The number of rotatable bonds is 11. The highest BCUT2D eigenvalue weighted by atomic mass is 35.5. The SMILES string of the molecule is COc1c(CN(C(=O)[C@H]2CNCC(=O)N2c2ccc(OCCOc3c(Cl)cc(C)cc3Cl)nc2)C2CC2)ccnc1C. The van der Waals surface area contributed by atoms with Gasteiger partial charge in [-0.25, -0.2) is 4.98 Å². The van der Waals surface area contributed by atoms with E-state index in [1.165, 1.54) is 4.90 Å². The van der Waals surface area contributed by atoms with E-state index in [1.54, 1.807) is 43.8 Å². The topological polar surface area (TPSA) is 106 Å². The number of anilines is 1. The van der Waals surface area contributed by atoms with Crippen molar-refractivity contribution < 1.29 is 23.8 Å². The lowest BCUT2D eigenvalue weighted by molar-refractivity contribution is -0.136. The van der Waals surface area contributed by atoms with Crippen LogP contribution >= 0.6 is 23.2 Å². The van der Waals surface area contributed by atoms with Crippen molar-refractivity contribution in [2.75, 3.05) is 38.3 Å². The van der Waals surface area contributed by atoms with Crippen molar-refractivity contribution in [2.45, 2.75) is 45.3 Å². The minimum atomic E-state index is -0.716. The molecule has 3 aromatic rings. The van der Waals surface area contributed by atoms with Gasteiger partial charge in [-0.15, -0.1) is 0 Å². The molecule has 2 amide bonds. The second kappa shape index (κ2) is 13.1. The molecule has 5 rings (SSSR count). The van der Waals surface area contributed by atoms with Crippen LogP contribution in [-0.4, -0.2) is 72.2 Å². The normalized spacial score (nSPS) is 16.7. The van der Waals surface area contributed by atoms with Crippen molar-refractivity contribution in [3.8, 4) is 17.4 Å². The number of nitrogens with zero attached hydrogens (tertiary/aromatic N) is 4. The van der Waals surface area contributed by atoms with Crippen LogP contribution in [0.1, 0.15) is 29.7 Å². The van der Waals surface area contributed by atoms with Gasteiger partial charge in [0, 0.05) is 37.0 Å². The Morgan fingerprint density at radius 1 is 1.07 bits per heavy atom. The lowest BCUT2D eigenvalue weighted by atomic mass is 10.1. The van der Waals surface area contributed by atoms with Crippen molar-refractivity contribution in [3.05, 3.63) is 69.6 Å². The van der Waals surface area contributed by atoms with Crippen LogP contribution in [0.4, 0.5) is 5.69 Å². The van der Waals surface area contributed by atoms with Crippen LogP contribution in [0.3, 0.4) is 0 Å². The van der Waals surface area contributed by atoms with Crippen LogP contribution < -0.4 is 24.4 Å². The van der Waals surface area contributed by atoms with E-state index in [2.05, 4.69) is 15.3 Å². The van der Waals surface area contributed by atoms with Crippen LogP contribution in [0.25, 0.3) is 0 Å². The molecule has 0 unspecified atom stereocenters. The van der Waals surface area contributed by atoms with Gasteiger partial charge in [0.2, 0.25) is 17.7 Å². The fourth-order valence-corrected chi connectivity index (χ4v) is 5.77. The molecule has 0 spiro atoms. The van der Waals surface area contributed by atoms with E-state index in [0.717, 1.165) is 29.7 Å². The second-order valence-corrected chi connectivity index (χ2v) is 11.1. The molecule has 2 aliphatic rings. The largest absolute Gasteiger partial charge is 0.494 e. The molecule has 2 fully saturated rings. The second-order valence-electron chi connectivity index (χ2n) is 10.3. The number of halogens is 2. The van der Waals surface area contributed by atoms with Gasteiger partial charge in [0.05, 0.1) is 41.3 Å². The zero-order chi connectivity index (χ0) is 29.8. The maximum Gasteiger partial charge on any atom is 0.247 e. The number of benzene rings is 1. The van der Waals surface area contributed by atoms with Crippen molar-refractivity contribution in [3.63, 3.8) is 0 Å². The molecule has 222 valence electrons. The number of ether oxygens (including phenoxy) is 3. The lowest BCUT2D eigenvalue weighted by Crippen LogP contribution is -2.61. The van der Waals surface area contributed by atoms with E-state index < -0.39 is 6.04 Å². The van der Waals surface area contributed by atoms with Crippen molar-refractivity contribution in [2.24, 2.45) is 0 Å². The molecule has 1 N–H and O–H groups in total. The highest BCUT2D eigenvalue weighted by Crippen LogP contribution is 2.35. The number of piperazine rings is 1. The number of amides is 2. The average Bonchev–Trinajstić information content (AvgIpc) is 3.80. The molecule has 1 aliphatic heterocycles. The summed E-state index contributed by atoms with van der Waals surface area (Å²) < 4.78 is 17.0.